The Morgan fingerprint density at radius 2 is 1.42 bits per heavy atom. The lowest BCUT2D eigenvalue weighted by atomic mass is 10.1. The van der Waals surface area contributed by atoms with Crippen molar-refractivity contribution in [3.63, 3.8) is 0 Å². The second kappa shape index (κ2) is 6.88. The number of amides is 2. The number of carbonyl (C=O) groups excluding carboxylic acids is 2. The molecule has 0 atom stereocenters. The molecular formula is C21H18N2O3. The van der Waals surface area contributed by atoms with Gasteiger partial charge in [-0.15, -0.1) is 0 Å². The molecular weight excluding hydrogens is 328 g/mol. The van der Waals surface area contributed by atoms with Gasteiger partial charge in [-0.3, -0.25) is 9.59 Å². The Kier molecular flexibility index (Phi) is 4.27. The number of furan rings is 1. The molecule has 0 bridgehead atoms. The van der Waals surface area contributed by atoms with E-state index in [4.69, 9.17) is 4.42 Å². The fourth-order valence-corrected chi connectivity index (χ4v) is 2.85. The van der Waals surface area contributed by atoms with Crippen LogP contribution in [0.2, 0.25) is 0 Å². The first-order valence-electron chi connectivity index (χ1n) is 8.56. The molecule has 0 saturated heterocycles. The van der Waals surface area contributed by atoms with Crippen LogP contribution in [0.5, 0.6) is 0 Å². The molecule has 2 N–H and O–H groups in total. The highest BCUT2D eigenvalue weighted by Crippen LogP contribution is 2.42. The maximum Gasteiger partial charge on any atom is 0.259 e. The van der Waals surface area contributed by atoms with Gasteiger partial charge in [-0.1, -0.05) is 30.3 Å². The Morgan fingerprint density at radius 3 is 2.08 bits per heavy atom. The fraction of sp³-hybridized carbons (Fsp3) is 0.143. The molecule has 1 aromatic heterocycles. The Labute approximate surface area is 151 Å². The van der Waals surface area contributed by atoms with Gasteiger partial charge in [0.05, 0.1) is 23.2 Å². The summed E-state index contributed by atoms with van der Waals surface area (Å²) in [5.41, 5.74) is 2.20. The van der Waals surface area contributed by atoms with Gasteiger partial charge in [0.25, 0.3) is 11.8 Å². The molecule has 0 aliphatic heterocycles. The first kappa shape index (κ1) is 16.1. The number of anilines is 2. The molecule has 1 heterocycles. The zero-order chi connectivity index (χ0) is 17.9. The molecule has 0 spiro atoms. The molecule has 1 aliphatic rings. The Balaban J connectivity index is 1.53. The van der Waals surface area contributed by atoms with Crippen LogP contribution in [0.3, 0.4) is 0 Å². The van der Waals surface area contributed by atoms with Crippen molar-refractivity contribution in [2.75, 3.05) is 10.6 Å². The molecule has 0 radical (unpaired) electrons. The predicted molar refractivity (Wildman–Crippen MR) is 99.5 cm³/mol. The third-order valence-corrected chi connectivity index (χ3v) is 4.35. The van der Waals surface area contributed by atoms with Crippen LogP contribution in [0.25, 0.3) is 0 Å². The summed E-state index contributed by atoms with van der Waals surface area (Å²) < 4.78 is 5.47. The molecule has 1 aliphatic carbocycles. The van der Waals surface area contributed by atoms with Gasteiger partial charge < -0.3 is 15.1 Å². The fourth-order valence-electron chi connectivity index (χ4n) is 2.85. The van der Waals surface area contributed by atoms with Crippen molar-refractivity contribution in [1.29, 1.82) is 0 Å². The largest absolute Gasteiger partial charge is 0.468 e. The van der Waals surface area contributed by atoms with Crippen molar-refractivity contribution in [2.24, 2.45) is 0 Å². The van der Waals surface area contributed by atoms with E-state index in [0.29, 0.717) is 28.4 Å². The highest BCUT2D eigenvalue weighted by molar-refractivity contribution is 6.10. The van der Waals surface area contributed by atoms with Crippen molar-refractivity contribution in [3.05, 3.63) is 83.8 Å². The van der Waals surface area contributed by atoms with Crippen molar-refractivity contribution >= 4 is 23.2 Å². The van der Waals surface area contributed by atoms with Gasteiger partial charge in [0, 0.05) is 11.5 Å². The topological polar surface area (TPSA) is 71.3 Å². The first-order chi connectivity index (χ1) is 12.7. The monoisotopic (exact) mass is 346 g/mol. The smallest absolute Gasteiger partial charge is 0.259 e. The lowest BCUT2D eigenvalue weighted by Crippen LogP contribution is -2.17. The van der Waals surface area contributed by atoms with Gasteiger partial charge in [0.15, 0.2) is 0 Å². The second-order valence-corrected chi connectivity index (χ2v) is 6.29. The average molecular weight is 346 g/mol. The maximum atomic E-state index is 12.7. The molecule has 130 valence electrons. The summed E-state index contributed by atoms with van der Waals surface area (Å²) in [7, 11) is 0. The van der Waals surface area contributed by atoms with Crippen LogP contribution in [0, 0.1) is 0 Å². The standard InChI is InChI=1S/C21H18N2O3/c24-20(15-6-2-1-3-7-15)22-17-8-4-5-9-18(17)23-21(25)16-12-13-26-19(16)14-10-11-14/h1-9,12-14H,10-11H2,(H,22,24)(H,23,25). The van der Waals surface area contributed by atoms with E-state index in [1.165, 1.54) is 0 Å². The van der Waals surface area contributed by atoms with E-state index in [-0.39, 0.29) is 11.8 Å². The number of carbonyl (C=O) groups is 2. The van der Waals surface area contributed by atoms with E-state index in [1.807, 2.05) is 18.2 Å². The van der Waals surface area contributed by atoms with E-state index in [1.54, 1.807) is 48.7 Å². The van der Waals surface area contributed by atoms with Crippen LogP contribution >= 0.6 is 0 Å². The normalized spacial score (nSPS) is 13.2. The van der Waals surface area contributed by atoms with Crippen LogP contribution in [0.15, 0.2) is 71.3 Å². The van der Waals surface area contributed by atoms with E-state index >= 15 is 0 Å². The highest BCUT2D eigenvalue weighted by atomic mass is 16.3. The van der Waals surface area contributed by atoms with E-state index in [0.717, 1.165) is 18.6 Å². The van der Waals surface area contributed by atoms with Crippen LogP contribution in [0.4, 0.5) is 11.4 Å². The zero-order valence-electron chi connectivity index (χ0n) is 14.1. The minimum atomic E-state index is -0.234. The lowest BCUT2D eigenvalue weighted by Gasteiger charge is -2.12. The van der Waals surface area contributed by atoms with Gasteiger partial charge in [0.2, 0.25) is 0 Å². The third kappa shape index (κ3) is 3.37. The first-order valence-corrected chi connectivity index (χ1v) is 8.56. The van der Waals surface area contributed by atoms with Crippen LogP contribution in [-0.2, 0) is 0 Å². The minimum absolute atomic E-state index is 0.228. The van der Waals surface area contributed by atoms with Crippen LogP contribution in [-0.4, -0.2) is 11.8 Å². The van der Waals surface area contributed by atoms with Gasteiger partial charge in [0.1, 0.15) is 5.76 Å². The summed E-state index contributed by atoms with van der Waals surface area (Å²) in [6, 6.07) is 17.8. The van der Waals surface area contributed by atoms with E-state index in [2.05, 4.69) is 10.6 Å². The molecule has 1 fully saturated rings. The molecule has 5 nitrogen and oxygen atoms in total. The Bertz CT molecular complexity index is 943. The summed E-state index contributed by atoms with van der Waals surface area (Å²) in [4.78, 5) is 25.0. The van der Waals surface area contributed by atoms with E-state index in [9.17, 15) is 9.59 Å². The Morgan fingerprint density at radius 1 is 0.808 bits per heavy atom. The number of benzene rings is 2. The van der Waals surface area contributed by atoms with Crippen molar-refractivity contribution < 1.29 is 14.0 Å². The highest BCUT2D eigenvalue weighted by Gasteiger charge is 2.31. The Hall–Kier alpha value is -3.34. The summed E-state index contributed by atoms with van der Waals surface area (Å²) in [5.74, 6) is 0.628. The number of para-hydroxylation sites is 2. The molecule has 5 heteroatoms. The van der Waals surface area contributed by atoms with Crippen LogP contribution in [0.1, 0.15) is 45.2 Å². The van der Waals surface area contributed by atoms with Crippen molar-refractivity contribution in [2.45, 2.75) is 18.8 Å². The summed E-state index contributed by atoms with van der Waals surface area (Å²) in [5, 5.41) is 5.73. The number of hydrogen-bond acceptors (Lipinski definition) is 3. The summed E-state index contributed by atoms with van der Waals surface area (Å²) in [6.07, 6.45) is 3.65. The predicted octanol–water partition coefficient (Wildman–Crippen LogP) is 4.66. The minimum Gasteiger partial charge on any atom is -0.468 e. The lowest BCUT2D eigenvalue weighted by molar-refractivity contribution is 0.101. The SMILES string of the molecule is O=C(Nc1ccccc1NC(=O)c1ccoc1C1CC1)c1ccccc1. The molecule has 26 heavy (non-hydrogen) atoms. The molecule has 0 unspecified atom stereocenters. The molecule has 4 rings (SSSR count). The van der Waals surface area contributed by atoms with Crippen molar-refractivity contribution in [3.8, 4) is 0 Å². The molecule has 1 saturated carbocycles. The van der Waals surface area contributed by atoms with Crippen LogP contribution < -0.4 is 10.6 Å². The zero-order valence-corrected chi connectivity index (χ0v) is 14.1. The number of hydrogen-bond donors (Lipinski definition) is 2. The van der Waals surface area contributed by atoms with Gasteiger partial charge in [-0.05, 0) is 43.2 Å². The quantitative estimate of drug-likeness (QED) is 0.706. The number of rotatable bonds is 5. The van der Waals surface area contributed by atoms with E-state index < -0.39 is 0 Å². The second-order valence-electron chi connectivity index (χ2n) is 6.29. The molecule has 3 aromatic rings. The third-order valence-electron chi connectivity index (χ3n) is 4.35. The molecule has 2 aromatic carbocycles. The molecule has 2 amide bonds. The van der Waals surface area contributed by atoms with Crippen molar-refractivity contribution in [1.82, 2.24) is 0 Å². The van der Waals surface area contributed by atoms with Gasteiger partial charge in [-0.2, -0.15) is 0 Å². The maximum absolute atomic E-state index is 12.7. The number of nitrogens with one attached hydrogen (secondary N) is 2. The van der Waals surface area contributed by atoms with Gasteiger partial charge >= 0.3 is 0 Å². The summed E-state index contributed by atoms with van der Waals surface area (Å²) >= 11 is 0. The van der Waals surface area contributed by atoms with Gasteiger partial charge in [-0.25, -0.2) is 0 Å². The average Bonchev–Trinajstić information content (AvgIpc) is 3.40. The summed E-state index contributed by atoms with van der Waals surface area (Å²) in [6.45, 7) is 0.